The van der Waals surface area contributed by atoms with Crippen LogP contribution in [0.1, 0.15) is 11.5 Å². The number of nitrogens with one attached hydrogen (secondary N) is 1. The van der Waals surface area contributed by atoms with Gasteiger partial charge >= 0.3 is 0 Å². The molecule has 26 heavy (non-hydrogen) atoms. The molecule has 0 atom stereocenters. The van der Waals surface area contributed by atoms with Crippen molar-refractivity contribution in [1.29, 1.82) is 0 Å². The first-order chi connectivity index (χ1) is 12.8. The van der Waals surface area contributed by atoms with Gasteiger partial charge in [-0.25, -0.2) is 5.10 Å². The predicted molar refractivity (Wildman–Crippen MR) is 103 cm³/mol. The zero-order chi connectivity index (χ0) is 17.8. The predicted octanol–water partition coefficient (Wildman–Crippen LogP) is 4.72. The molecule has 0 aliphatic carbocycles. The summed E-state index contributed by atoms with van der Waals surface area (Å²) >= 11 is 6.82. The number of hydrogen-bond donors (Lipinski definition) is 1. The molecule has 0 bridgehead atoms. The molecule has 1 N–H and O–H groups in total. The zero-order valence-corrected chi connectivity index (χ0v) is 15.2. The summed E-state index contributed by atoms with van der Waals surface area (Å²) in [5.74, 6) is 2.78. The normalized spacial score (nSPS) is 11.2. The van der Waals surface area contributed by atoms with E-state index in [0.717, 1.165) is 10.6 Å². The number of benzene rings is 1. The molecule has 3 aromatic heterocycles. The first kappa shape index (κ1) is 16.5. The van der Waals surface area contributed by atoms with Gasteiger partial charge in [-0.05, 0) is 47.9 Å². The van der Waals surface area contributed by atoms with Crippen molar-refractivity contribution < 1.29 is 9.15 Å². The standard InChI is InChI=1S/C18H14N4O2S2/c25-18-21-20-17(16-7-4-10-26-16)22(18)19-11-14-8-9-15(24-14)12-23-13-5-2-1-3-6-13/h1-11H,12H2,(H,21,25). The Balaban J connectivity index is 1.48. The summed E-state index contributed by atoms with van der Waals surface area (Å²) in [4.78, 5) is 0.978. The van der Waals surface area contributed by atoms with E-state index < -0.39 is 0 Å². The number of para-hydroxylation sites is 1. The maximum Gasteiger partial charge on any atom is 0.216 e. The van der Waals surface area contributed by atoms with Gasteiger partial charge in [0, 0.05) is 0 Å². The van der Waals surface area contributed by atoms with Crippen molar-refractivity contribution in [2.24, 2.45) is 5.10 Å². The average Bonchev–Trinajstić information content (AvgIpc) is 3.40. The third kappa shape index (κ3) is 3.66. The Morgan fingerprint density at radius 1 is 1.19 bits per heavy atom. The molecule has 0 amide bonds. The fourth-order valence-electron chi connectivity index (χ4n) is 2.29. The minimum absolute atomic E-state index is 0.351. The second-order valence-electron chi connectivity index (χ2n) is 5.29. The highest BCUT2D eigenvalue weighted by atomic mass is 32.1. The lowest BCUT2D eigenvalue weighted by Gasteiger charge is -2.02. The van der Waals surface area contributed by atoms with Crippen LogP contribution >= 0.6 is 23.6 Å². The number of hydrogen-bond acceptors (Lipinski definition) is 6. The minimum Gasteiger partial charge on any atom is -0.486 e. The number of ether oxygens (including phenoxy) is 1. The van der Waals surface area contributed by atoms with E-state index in [2.05, 4.69) is 15.3 Å². The van der Waals surface area contributed by atoms with Gasteiger partial charge in [-0.1, -0.05) is 24.3 Å². The summed E-state index contributed by atoms with van der Waals surface area (Å²) < 4.78 is 13.4. The number of H-pyrrole nitrogens is 1. The monoisotopic (exact) mass is 382 g/mol. The Bertz CT molecular complexity index is 1060. The Hall–Kier alpha value is -2.97. The minimum atomic E-state index is 0.351. The maximum absolute atomic E-state index is 5.72. The van der Waals surface area contributed by atoms with Crippen LogP contribution in [0.4, 0.5) is 0 Å². The molecule has 0 unspecified atom stereocenters. The Kier molecular flexibility index (Phi) is 4.76. The number of thiophene rings is 1. The first-order valence-corrected chi connectivity index (χ1v) is 9.10. The third-order valence-corrected chi connectivity index (χ3v) is 4.63. The molecule has 0 radical (unpaired) electrons. The van der Waals surface area contributed by atoms with Crippen LogP contribution in [0.3, 0.4) is 0 Å². The molecular formula is C18H14N4O2S2. The van der Waals surface area contributed by atoms with Gasteiger partial charge in [-0.3, -0.25) is 0 Å². The highest BCUT2D eigenvalue weighted by Gasteiger charge is 2.09. The van der Waals surface area contributed by atoms with Crippen LogP contribution in [0.5, 0.6) is 5.75 Å². The number of rotatable bonds is 6. The number of nitrogens with zero attached hydrogens (tertiary/aromatic N) is 3. The molecule has 3 heterocycles. The van der Waals surface area contributed by atoms with E-state index in [9.17, 15) is 0 Å². The lowest BCUT2D eigenvalue weighted by molar-refractivity contribution is 0.270. The van der Waals surface area contributed by atoms with Crippen LogP contribution in [0, 0.1) is 4.77 Å². The fourth-order valence-corrected chi connectivity index (χ4v) is 3.17. The SMILES string of the molecule is S=c1[nH]nc(-c2cccs2)n1N=Cc1ccc(COc2ccccc2)o1. The summed E-state index contributed by atoms with van der Waals surface area (Å²) in [5.41, 5.74) is 0. The van der Waals surface area contributed by atoms with Gasteiger partial charge in [-0.15, -0.1) is 11.3 Å². The quantitative estimate of drug-likeness (QED) is 0.387. The average molecular weight is 382 g/mol. The van der Waals surface area contributed by atoms with Crippen molar-refractivity contribution in [3.8, 4) is 16.5 Å². The zero-order valence-electron chi connectivity index (χ0n) is 13.5. The van der Waals surface area contributed by atoms with Crippen LogP contribution in [-0.2, 0) is 6.61 Å². The van der Waals surface area contributed by atoms with Gasteiger partial charge in [0.2, 0.25) is 4.77 Å². The molecule has 0 aliphatic heterocycles. The summed E-state index contributed by atoms with van der Waals surface area (Å²) in [5, 5.41) is 13.4. The highest BCUT2D eigenvalue weighted by Crippen LogP contribution is 2.22. The van der Waals surface area contributed by atoms with Crippen LogP contribution < -0.4 is 4.74 Å². The van der Waals surface area contributed by atoms with Gasteiger partial charge in [0.1, 0.15) is 23.9 Å². The van der Waals surface area contributed by atoms with E-state index >= 15 is 0 Å². The van der Waals surface area contributed by atoms with Crippen molar-refractivity contribution in [3.05, 3.63) is 76.3 Å². The molecule has 4 aromatic rings. The molecule has 130 valence electrons. The van der Waals surface area contributed by atoms with E-state index in [-0.39, 0.29) is 0 Å². The van der Waals surface area contributed by atoms with Crippen molar-refractivity contribution in [2.75, 3.05) is 0 Å². The van der Waals surface area contributed by atoms with Crippen LogP contribution in [-0.4, -0.2) is 21.1 Å². The second kappa shape index (κ2) is 7.51. The fraction of sp³-hybridized carbons (Fsp3) is 0.0556. The molecule has 0 aliphatic rings. The van der Waals surface area contributed by atoms with Crippen molar-refractivity contribution >= 4 is 29.8 Å². The van der Waals surface area contributed by atoms with Crippen LogP contribution in [0.25, 0.3) is 10.7 Å². The summed E-state index contributed by atoms with van der Waals surface area (Å²) in [6.07, 6.45) is 1.61. The summed E-state index contributed by atoms with van der Waals surface area (Å²) in [6.45, 7) is 0.351. The van der Waals surface area contributed by atoms with Crippen molar-refractivity contribution in [1.82, 2.24) is 14.9 Å². The van der Waals surface area contributed by atoms with Gasteiger partial charge in [-0.2, -0.15) is 14.9 Å². The van der Waals surface area contributed by atoms with E-state index in [1.165, 1.54) is 0 Å². The molecule has 8 heteroatoms. The van der Waals surface area contributed by atoms with Gasteiger partial charge < -0.3 is 9.15 Å². The molecule has 6 nitrogen and oxygen atoms in total. The maximum atomic E-state index is 5.72. The van der Waals surface area contributed by atoms with Gasteiger partial charge in [0.05, 0.1) is 11.1 Å². The molecule has 0 saturated carbocycles. The first-order valence-electron chi connectivity index (χ1n) is 7.82. The van der Waals surface area contributed by atoms with Crippen LogP contribution in [0.2, 0.25) is 0 Å². The molecule has 1 aromatic carbocycles. The molecule has 0 saturated heterocycles. The number of aromatic amines is 1. The number of furan rings is 1. The second-order valence-corrected chi connectivity index (χ2v) is 6.63. The van der Waals surface area contributed by atoms with E-state index in [1.807, 2.05) is 60.0 Å². The van der Waals surface area contributed by atoms with Gasteiger partial charge in [0.15, 0.2) is 5.82 Å². The smallest absolute Gasteiger partial charge is 0.216 e. The Morgan fingerprint density at radius 3 is 2.88 bits per heavy atom. The van der Waals surface area contributed by atoms with E-state index in [1.54, 1.807) is 22.2 Å². The van der Waals surface area contributed by atoms with Crippen molar-refractivity contribution in [3.63, 3.8) is 0 Å². The van der Waals surface area contributed by atoms with E-state index in [4.69, 9.17) is 21.4 Å². The summed E-state index contributed by atoms with van der Waals surface area (Å²) in [6, 6.07) is 17.2. The molecule has 0 fully saturated rings. The van der Waals surface area contributed by atoms with E-state index in [0.29, 0.717) is 28.7 Å². The Morgan fingerprint density at radius 2 is 2.08 bits per heavy atom. The lowest BCUT2D eigenvalue weighted by atomic mass is 10.3. The van der Waals surface area contributed by atoms with Crippen LogP contribution in [0.15, 0.2) is 69.5 Å². The number of aromatic nitrogens is 3. The Labute approximate surface area is 158 Å². The molecular weight excluding hydrogens is 368 g/mol. The molecule has 0 spiro atoms. The summed E-state index contributed by atoms with van der Waals surface area (Å²) in [7, 11) is 0. The highest BCUT2D eigenvalue weighted by molar-refractivity contribution is 7.71. The van der Waals surface area contributed by atoms with Crippen molar-refractivity contribution in [2.45, 2.75) is 6.61 Å². The molecule has 4 rings (SSSR count). The van der Waals surface area contributed by atoms with Gasteiger partial charge in [0.25, 0.3) is 0 Å². The lowest BCUT2D eigenvalue weighted by Crippen LogP contribution is -1.94. The topological polar surface area (TPSA) is 68.3 Å². The largest absolute Gasteiger partial charge is 0.486 e. The third-order valence-electron chi connectivity index (χ3n) is 3.50.